The van der Waals surface area contributed by atoms with E-state index in [0.29, 0.717) is 5.57 Å². The predicted octanol–water partition coefficient (Wildman–Crippen LogP) is 1.50. The van der Waals surface area contributed by atoms with E-state index in [-0.39, 0.29) is 13.0 Å². The quantitative estimate of drug-likeness (QED) is 0.594. The van der Waals surface area contributed by atoms with Crippen LogP contribution in [0.1, 0.15) is 6.42 Å². The summed E-state index contributed by atoms with van der Waals surface area (Å²) >= 11 is 0. The summed E-state index contributed by atoms with van der Waals surface area (Å²) in [6.07, 6.45) is 0.926. The summed E-state index contributed by atoms with van der Waals surface area (Å²) in [7, 11) is 0. The molecule has 56 valence electrons. The fourth-order valence-corrected chi connectivity index (χ4v) is 0.884. The molecule has 10 heavy (non-hydrogen) atoms. The van der Waals surface area contributed by atoms with Crippen molar-refractivity contribution in [2.75, 3.05) is 6.61 Å². The lowest BCUT2D eigenvalue weighted by molar-refractivity contribution is 0.321. The van der Waals surface area contributed by atoms with Gasteiger partial charge in [0.15, 0.2) is 0 Å². The van der Waals surface area contributed by atoms with Crippen LogP contribution in [0.2, 0.25) is 0 Å². The summed E-state index contributed by atoms with van der Waals surface area (Å²) in [6.45, 7) is -0.298. The highest BCUT2D eigenvalue weighted by molar-refractivity contribution is 5.27. The molecule has 0 radical (unpaired) electrons. The molecule has 0 bridgehead atoms. The minimum absolute atomic E-state index is 0.191. The van der Waals surface area contributed by atoms with Gasteiger partial charge in [0.2, 0.25) is 0 Å². The lowest BCUT2D eigenvalue weighted by Crippen LogP contribution is -2.04. The van der Waals surface area contributed by atoms with Crippen molar-refractivity contribution in [1.29, 1.82) is 0 Å². The number of aliphatic hydroxyl groups excluding tert-OH is 1. The molecular weight excluding hydrogens is 138 g/mol. The Morgan fingerprint density at radius 1 is 1.70 bits per heavy atom. The van der Waals surface area contributed by atoms with Crippen LogP contribution in [0.5, 0.6) is 0 Å². The first-order chi connectivity index (χ1) is 4.72. The van der Waals surface area contributed by atoms with Gasteiger partial charge in [0, 0.05) is 6.42 Å². The maximum absolute atomic E-state index is 12.4. The zero-order valence-electron chi connectivity index (χ0n) is 5.35. The Hall–Kier alpha value is -0.700. The molecule has 1 aliphatic carbocycles. The zero-order valence-corrected chi connectivity index (χ0v) is 5.35. The fourth-order valence-electron chi connectivity index (χ4n) is 0.884. The maximum atomic E-state index is 12.4. The average Bonchev–Trinajstić information content (AvgIpc) is 1.85. The third-order valence-corrected chi connectivity index (χ3v) is 1.31. The van der Waals surface area contributed by atoms with Gasteiger partial charge >= 0.3 is 0 Å². The van der Waals surface area contributed by atoms with Gasteiger partial charge in [-0.15, -0.1) is 0 Å². The Morgan fingerprint density at radius 3 is 2.90 bits per heavy atom. The lowest BCUT2D eigenvalue weighted by Gasteiger charge is -2.08. The predicted molar refractivity (Wildman–Crippen MR) is 33.9 cm³/mol. The summed E-state index contributed by atoms with van der Waals surface area (Å²) in [5.74, 6) is -0.501. The van der Waals surface area contributed by atoms with Gasteiger partial charge in [-0.05, 0) is 17.7 Å². The highest BCUT2D eigenvalue weighted by Crippen LogP contribution is 2.20. The van der Waals surface area contributed by atoms with Crippen molar-refractivity contribution in [3.05, 3.63) is 23.6 Å². The molecule has 0 fully saturated rings. The second-order valence-corrected chi connectivity index (χ2v) is 2.21. The minimum Gasteiger partial charge on any atom is -0.392 e. The number of aliphatic hydroxyl groups is 1. The summed E-state index contributed by atoms with van der Waals surface area (Å²) in [6, 6.07) is 0. The van der Waals surface area contributed by atoms with E-state index >= 15 is 0 Å². The summed E-state index contributed by atoms with van der Waals surface area (Å²) in [5, 5.41) is 8.48. The number of allylic oxidation sites excluding steroid dienone is 2. The molecule has 0 aromatic carbocycles. The van der Waals surface area contributed by atoms with Crippen LogP contribution in [-0.2, 0) is 0 Å². The molecule has 0 aliphatic heterocycles. The van der Waals surface area contributed by atoms with Crippen molar-refractivity contribution in [2.45, 2.75) is 12.6 Å². The Balaban J connectivity index is 2.72. The van der Waals surface area contributed by atoms with E-state index in [9.17, 15) is 8.78 Å². The van der Waals surface area contributed by atoms with Gasteiger partial charge < -0.3 is 5.11 Å². The van der Waals surface area contributed by atoms with Gasteiger partial charge in [-0.3, -0.25) is 0 Å². The molecular formula is C7H8F2O. The number of alkyl halides is 1. The Morgan fingerprint density at radius 2 is 2.40 bits per heavy atom. The van der Waals surface area contributed by atoms with Crippen LogP contribution < -0.4 is 0 Å². The number of hydrogen-bond donors (Lipinski definition) is 1. The van der Waals surface area contributed by atoms with E-state index in [4.69, 9.17) is 5.11 Å². The van der Waals surface area contributed by atoms with Crippen LogP contribution >= 0.6 is 0 Å². The molecule has 0 heterocycles. The normalized spacial score (nSPS) is 25.7. The Kier molecular flexibility index (Phi) is 2.17. The van der Waals surface area contributed by atoms with Gasteiger partial charge in [0.05, 0.1) is 6.61 Å². The molecule has 1 rings (SSSR count). The minimum atomic E-state index is -1.27. The average molecular weight is 146 g/mol. The third kappa shape index (κ3) is 1.64. The highest BCUT2D eigenvalue weighted by Gasteiger charge is 2.12. The van der Waals surface area contributed by atoms with Crippen LogP contribution in [0.3, 0.4) is 0 Å². The molecule has 0 aromatic rings. The van der Waals surface area contributed by atoms with Gasteiger partial charge in [-0.25, -0.2) is 8.78 Å². The number of rotatable bonds is 1. The Bertz CT molecular complexity index is 184. The SMILES string of the molecule is OCC1=CC(F)CC(F)=C1. The third-order valence-electron chi connectivity index (χ3n) is 1.31. The molecule has 1 N–H and O–H groups in total. The fraction of sp³-hybridized carbons (Fsp3) is 0.429. The largest absolute Gasteiger partial charge is 0.392 e. The van der Waals surface area contributed by atoms with Crippen molar-refractivity contribution in [3.63, 3.8) is 0 Å². The summed E-state index contributed by atoms with van der Waals surface area (Å²) < 4.78 is 24.7. The maximum Gasteiger partial charge on any atom is 0.125 e. The van der Waals surface area contributed by atoms with E-state index in [1.54, 1.807) is 0 Å². The summed E-state index contributed by atoms with van der Waals surface area (Å²) in [4.78, 5) is 0. The van der Waals surface area contributed by atoms with Crippen LogP contribution in [0.25, 0.3) is 0 Å². The van der Waals surface area contributed by atoms with Crippen LogP contribution in [0.4, 0.5) is 8.78 Å². The van der Waals surface area contributed by atoms with E-state index < -0.39 is 12.0 Å². The topological polar surface area (TPSA) is 20.2 Å². The zero-order chi connectivity index (χ0) is 7.56. The molecule has 0 aromatic heterocycles. The monoisotopic (exact) mass is 146 g/mol. The molecule has 1 unspecified atom stereocenters. The molecule has 0 saturated carbocycles. The van der Waals surface area contributed by atoms with Crippen molar-refractivity contribution in [2.24, 2.45) is 0 Å². The molecule has 3 heteroatoms. The first-order valence-electron chi connectivity index (χ1n) is 3.04. The number of halogens is 2. The Labute approximate surface area is 57.7 Å². The van der Waals surface area contributed by atoms with Crippen molar-refractivity contribution in [1.82, 2.24) is 0 Å². The molecule has 0 saturated heterocycles. The van der Waals surface area contributed by atoms with Crippen LogP contribution in [-0.4, -0.2) is 17.9 Å². The first-order valence-corrected chi connectivity index (χ1v) is 3.04. The standard InChI is InChI=1S/C7H8F2O/c8-6-1-5(4-10)2-7(9)3-6/h1-2,6,10H,3-4H2. The first kappa shape index (κ1) is 7.41. The molecule has 0 amide bonds. The van der Waals surface area contributed by atoms with Crippen molar-refractivity contribution >= 4 is 0 Å². The van der Waals surface area contributed by atoms with Gasteiger partial charge in [0.1, 0.15) is 12.0 Å². The number of hydrogen-bond acceptors (Lipinski definition) is 1. The summed E-state index contributed by atoms with van der Waals surface area (Å²) in [5.41, 5.74) is 0.316. The van der Waals surface area contributed by atoms with Crippen LogP contribution in [0.15, 0.2) is 23.6 Å². The lowest BCUT2D eigenvalue weighted by atomic mass is 10.1. The van der Waals surface area contributed by atoms with Gasteiger partial charge in [-0.1, -0.05) is 0 Å². The van der Waals surface area contributed by atoms with E-state index in [0.717, 1.165) is 6.08 Å². The van der Waals surface area contributed by atoms with Crippen LogP contribution in [0, 0.1) is 0 Å². The van der Waals surface area contributed by atoms with Crippen molar-refractivity contribution in [3.8, 4) is 0 Å². The molecule has 1 aliphatic rings. The molecule has 1 nitrogen and oxygen atoms in total. The smallest absolute Gasteiger partial charge is 0.125 e. The van der Waals surface area contributed by atoms with E-state index in [1.807, 2.05) is 0 Å². The molecule has 0 spiro atoms. The highest BCUT2D eigenvalue weighted by atomic mass is 19.1. The van der Waals surface area contributed by atoms with Gasteiger partial charge in [-0.2, -0.15) is 0 Å². The molecule has 1 atom stereocenters. The van der Waals surface area contributed by atoms with Gasteiger partial charge in [0.25, 0.3) is 0 Å². The van der Waals surface area contributed by atoms with E-state index in [2.05, 4.69) is 0 Å². The second kappa shape index (κ2) is 2.92. The van der Waals surface area contributed by atoms with Crippen molar-refractivity contribution < 1.29 is 13.9 Å². The van der Waals surface area contributed by atoms with E-state index in [1.165, 1.54) is 6.08 Å². The second-order valence-electron chi connectivity index (χ2n) is 2.21.